The highest BCUT2D eigenvalue weighted by atomic mass is 32.2. The van der Waals surface area contributed by atoms with Crippen molar-refractivity contribution in [3.63, 3.8) is 0 Å². The highest BCUT2D eigenvalue weighted by Crippen LogP contribution is 2.20. The minimum absolute atomic E-state index is 0.130. The van der Waals surface area contributed by atoms with Crippen LogP contribution in [0, 0.1) is 6.92 Å². The number of rotatable bonds is 4. The Balaban J connectivity index is 2.31. The second kappa shape index (κ2) is 5.43. The average Bonchev–Trinajstić information content (AvgIpc) is 2.95. The molecule has 0 fully saturated rings. The summed E-state index contributed by atoms with van der Waals surface area (Å²) in [5, 5.41) is 8.83. The van der Waals surface area contributed by atoms with E-state index < -0.39 is 10.0 Å². The number of carbonyl (C=O) groups is 1. The predicted molar refractivity (Wildman–Crippen MR) is 74.0 cm³/mol. The Kier molecular flexibility index (Phi) is 3.86. The van der Waals surface area contributed by atoms with Crippen molar-refractivity contribution < 1.29 is 13.2 Å². The number of amides is 1. The van der Waals surface area contributed by atoms with E-state index in [9.17, 15) is 13.2 Å². The molecule has 0 bridgehead atoms. The largest absolute Gasteiger partial charge is 0.322 e. The number of nitrogens with zero attached hydrogens (tertiary/aromatic N) is 1. The molecule has 20 heavy (non-hydrogen) atoms. The van der Waals surface area contributed by atoms with Gasteiger partial charge in [0.15, 0.2) is 0 Å². The summed E-state index contributed by atoms with van der Waals surface area (Å²) >= 11 is 0. The van der Waals surface area contributed by atoms with Crippen LogP contribution in [0.1, 0.15) is 15.9 Å². The summed E-state index contributed by atoms with van der Waals surface area (Å²) < 4.78 is 26.0. The molecule has 1 heterocycles. The van der Waals surface area contributed by atoms with Crippen LogP contribution >= 0.6 is 0 Å². The summed E-state index contributed by atoms with van der Waals surface area (Å²) in [5.74, 6) is -0.365. The van der Waals surface area contributed by atoms with Gasteiger partial charge in [-0.05, 0) is 31.7 Å². The number of hydrogen-bond donors (Lipinski definition) is 3. The molecular weight excluding hydrogens is 280 g/mol. The van der Waals surface area contributed by atoms with Crippen molar-refractivity contribution in [3.8, 4) is 0 Å². The standard InChI is InChI=1S/C12H14N4O3S/c1-8-3-4-10(5-11(8)20(18,19)13-2)16-12(17)9-6-14-15-7-9/h3-7,13H,1-2H3,(H,14,15)(H,16,17). The van der Waals surface area contributed by atoms with Crippen molar-refractivity contribution >= 4 is 21.6 Å². The zero-order valence-corrected chi connectivity index (χ0v) is 11.8. The van der Waals surface area contributed by atoms with Gasteiger partial charge in [-0.3, -0.25) is 9.89 Å². The SMILES string of the molecule is CNS(=O)(=O)c1cc(NC(=O)c2cn[nH]c2)ccc1C. The van der Waals surface area contributed by atoms with Crippen LogP contribution in [0.3, 0.4) is 0 Å². The van der Waals surface area contributed by atoms with Crippen LogP contribution in [-0.2, 0) is 10.0 Å². The Bertz CT molecular complexity index is 723. The number of aromatic amines is 1. The number of nitrogens with one attached hydrogen (secondary N) is 3. The molecule has 1 amide bonds. The molecule has 106 valence electrons. The molecule has 3 N–H and O–H groups in total. The van der Waals surface area contributed by atoms with Crippen LogP contribution in [0.2, 0.25) is 0 Å². The normalized spacial score (nSPS) is 11.3. The lowest BCUT2D eigenvalue weighted by molar-refractivity contribution is 0.102. The second-order valence-electron chi connectivity index (χ2n) is 4.13. The van der Waals surface area contributed by atoms with E-state index in [-0.39, 0.29) is 10.8 Å². The molecule has 0 spiro atoms. The van der Waals surface area contributed by atoms with Gasteiger partial charge in [0, 0.05) is 11.9 Å². The van der Waals surface area contributed by atoms with Crippen molar-refractivity contribution in [1.82, 2.24) is 14.9 Å². The number of H-pyrrole nitrogens is 1. The second-order valence-corrected chi connectivity index (χ2v) is 5.98. The molecule has 0 aliphatic carbocycles. The molecule has 2 rings (SSSR count). The zero-order chi connectivity index (χ0) is 14.8. The summed E-state index contributed by atoms with van der Waals surface area (Å²) in [6.07, 6.45) is 2.84. The molecule has 2 aromatic rings. The van der Waals surface area contributed by atoms with Crippen molar-refractivity contribution in [2.45, 2.75) is 11.8 Å². The van der Waals surface area contributed by atoms with Gasteiger partial charge in [0.25, 0.3) is 5.91 Å². The third-order valence-electron chi connectivity index (χ3n) is 2.76. The quantitative estimate of drug-likeness (QED) is 0.778. The van der Waals surface area contributed by atoms with E-state index in [1.54, 1.807) is 19.1 Å². The predicted octanol–water partition coefficient (Wildman–Crippen LogP) is 0.879. The average molecular weight is 294 g/mol. The maximum absolute atomic E-state index is 11.9. The van der Waals surface area contributed by atoms with Gasteiger partial charge in [-0.1, -0.05) is 6.07 Å². The maximum atomic E-state index is 11.9. The van der Waals surface area contributed by atoms with Crippen molar-refractivity contribution in [2.24, 2.45) is 0 Å². The van der Waals surface area contributed by atoms with Gasteiger partial charge < -0.3 is 5.32 Å². The van der Waals surface area contributed by atoms with Gasteiger partial charge in [-0.25, -0.2) is 13.1 Å². The molecule has 0 aliphatic rings. The van der Waals surface area contributed by atoms with Crippen LogP contribution in [-0.4, -0.2) is 31.6 Å². The molecule has 0 radical (unpaired) electrons. The van der Waals surface area contributed by atoms with E-state index in [1.807, 2.05) is 0 Å². The third kappa shape index (κ3) is 2.86. The summed E-state index contributed by atoms with van der Waals surface area (Å²) in [4.78, 5) is 12.0. The van der Waals surface area contributed by atoms with Gasteiger partial charge in [0.2, 0.25) is 10.0 Å². The fourth-order valence-corrected chi connectivity index (χ4v) is 2.65. The van der Waals surface area contributed by atoms with E-state index in [0.29, 0.717) is 16.8 Å². The lowest BCUT2D eigenvalue weighted by Gasteiger charge is -2.09. The first-order chi connectivity index (χ1) is 9.44. The Labute approximate surface area is 116 Å². The number of aromatic nitrogens is 2. The summed E-state index contributed by atoms with van der Waals surface area (Å²) in [6, 6.07) is 4.69. The number of carbonyl (C=O) groups excluding carboxylic acids is 1. The van der Waals surface area contributed by atoms with Crippen LogP contribution in [0.5, 0.6) is 0 Å². The van der Waals surface area contributed by atoms with Crippen molar-refractivity contribution in [3.05, 3.63) is 41.7 Å². The first-order valence-electron chi connectivity index (χ1n) is 5.78. The van der Waals surface area contributed by atoms with E-state index in [4.69, 9.17) is 0 Å². The molecule has 7 nitrogen and oxygen atoms in total. The molecule has 1 aromatic heterocycles. The molecule has 8 heteroatoms. The fraction of sp³-hybridized carbons (Fsp3) is 0.167. The number of aryl methyl sites for hydroxylation is 1. The molecule has 0 unspecified atom stereocenters. The van der Waals surface area contributed by atoms with E-state index in [2.05, 4.69) is 20.2 Å². The van der Waals surface area contributed by atoms with Gasteiger partial charge in [0.05, 0.1) is 16.7 Å². The number of sulfonamides is 1. The summed E-state index contributed by atoms with van der Waals surface area (Å²) in [5.41, 5.74) is 1.36. The Morgan fingerprint density at radius 3 is 2.70 bits per heavy atom. The van der Waals surface area contributed by atoms with Crippen molar-refractivity contribution in [1.29, 1.82) is 0 Å². The smallest absolute Gasteiger partial charge is 0.258 e. The van der Waals surface area contributed by atoms with Gasteiger partial charge in [-0.15, -0.1) is 0 Å². The highest BCUT2D eigenvalue weighted by Gasteiger charge is 2.16. The molecule has 0 atom stereocenters. The Morgan fingerprint density at radius 2 is 2.10 bits per heavy atom. The molecule has 0 saturated heterocycles. The highest BCUT2D eigenvalue weighted by molar-refractivity contribution is 7.89. The third-order valence-corrected chi connectivity index (χ3v) is 4.32. The van der Waals surface area contributed by atoms with Crippen LogP contribution in [0.15, 0.2) is 35.5 Å². The Hall–Kier alpha value is -2.19. The molecule has 0 aliphatic heterocycles. The molecular formula is C12H14N4O3S. The molecule has 0 saturated carbocycles. The van der Waals surface area contributed by atoms with E-state index in [0.717, 1.165) is 0 Å². The van der Waals surface area contributed by atoms with Gasteiger partial charge in [-0.2, -0.15) is 5.10 Å². The topological polar surface area (TPSA) is 104 Å². The van der Waals surface area contributed by atoms with Crippen molar-refractivity contribution in [2.75, 3.05) is 12.4 Å². The Morgan fingerprint density at radius 1 is 1.35 bits per heavy atom. The minimum Gasteiger partial charge on any atom is -0.322 e. The lowest BCUT2D eigenvalue weighted by Crippen LogP contribution is -2.20. The van der Waals surface area contributed by atoms with Crippen LogP contribution in [0.25, 0.3) is 0 Å². The number of benzene rings is 1. The maximum Gasteiger partial charge on any atom is 0.258 e. The monoisotopic (exact) mass is 294 g/mol. The number of anilines is 1. The summed E-state index contributed by atoms with van der Waals surface area (Å²) in [7, 11) is -2.22. The van der Waals surface area contributed by atoms with E-state index >= 15 is 0 Å². The van der Waals surface area contributed by atoms with Crippen LogP contribution < -0.4 is 10.0 Å². The minimum atomic E-state index is -3.56. The lowest BCUT2D eigenvalue weighted by atomic mass is 10.2. The number of hydrogen-bond acceptors (Lipinski definition) is 4. The van der Waals surface area contributed by atoms with Gasteiger partial charge >= 0.3 is 0 Å². The fourth-order valence-electron chi connectivity index (χ4n) is 1.66. The first-order valence-corrected chi connectivity index (χ1v) is 7.26. The summed E-state index contributed by atoms with van der Waals surface area (Å²) in [6.45, 7) is 1.69. The zero-order valence-electron chi connectivity index (χ0n) is 11.0. The van der Waals surface area contributed by atoms with Gasteiger partial charge in [0.1, 0.15) is 0 Å². The van der Waals surface area contributed by atoms with Crippen LogP contribution in [0.4, 0.5) is 5.69 Å². The molecule has 1 aromatic carbocycles. The van der Waals surface area contributed by atoms with E-state index in [1.165, 1.54) is 25.5 Å². The first kappa shape index (κ1) is 14.2.